The molecule has 0 aliphatic heterocycles. The Morgan fingerprint density at radius 2 is 2.00 bits per heavy atom. The molecule has 2 rings (SSSR count). The lowest BCUT2D eigenvalue weighted by atomic mass is 10.2. The van der Waals surface area contributed by atoms with E-state index in [1.54, 1.807) is 24.3 Å². The standard InChI is InChI=1S/C13H13ClN2O2/c1-8-12(9(2)18-16-8)7-15-13(17)10-3-5-11(14)6-4-10/h3-6H,7H2,1-2H3,(H,15,17). The molecule has 0 aliphatic rings. The molecule has 0 radical (unpaired) electrons. The minimum atomic E-state index is -0.147. The van der Waals surface area contributed by atoms with E-state index in [9.17, 15) is 4.79 Å². The van der Waals surface area contributed by atoms with E-state index in [1.807, 2.05) is 13.8 Å². The van der Waals surface area contributed by atoms with E-state index in [-0.39, 0.29) is 5.91 Å². The summed E-state index contributed by atoms with van der Waals surface area (Å²) < 4.78 is 5.03. The zero-order valence-electron chi connectivity index (χ0n) is 10.2. The van der Waals surface area contributed by atoms with Crippen LogP contribution in [0.1, 0.15) is 27.4 Å². The minimum absolute atomic E-state index is 0.147. The van der Waals surface area contributed by atoms with Crippen LogP contribution in [0.15, 0.2) is 28.8 Å². The van der Waals surface area contributed by atoms with Gasteiger partial charge in [0.1, 0.15) is 5.76 Å². The van der Waals surface area contributed by atoms with E-state index >= 15 is 0 Å². The summed E-state index contributed by atoms with van der Waals surface area (Å²) in [5, 5.41) is 7.26. The molecule has 0 saturated heterocycles. The van der Waals surface area contributed by atoms with Crippen molar-refractivity contribution in [2.24, 2.45) is 0 Å². The van der Waals surface area contributed by atoms with Crippen LogP contribution in [0.2, 0.25) is 5.02 Å². The van der Waals surface area contributed by atoms with Crippen LogP contribution in [0.3, 0.4) is 0 Å². The molecule has 0 unspecified atom stereocenters. The van der Waals surface area contributed by atoms with Gasteiger partial charge in [0.05, 0.1) is 5.69 Å². The third-order valence-electron chi connectivity index (χ3n) is 2.71. The Kier molecular flexibility index (Phi) is 3.67. The molecule has 2 aromatic rings. The second-order valence-electron chi connectivity index (χ2n) is 3.99. The zero-order chi connectivity index (χ0) is 13.1. The van der Waals surface area contributed by atoms with Crippen molar-refractivity contribution in [3.8, 4) is 0 Å². The molecule has 94 valence electrons. The number of amides is 1. The molecule has 18 heavy (non-hydrogen) atoms. The smallest absolute Gasteiger partial charge is 0.251 e. The van der Waals surface area contributed by atoms with Gasteiger partial charge in [0, 0.05) is 22.7 Å². The van der Waals surface area contributed by atoms with Gasteiger partial charge in [-0.3, -0.25) is 4.79 Å². The first kappa shape index (κ1) is 12.6. The summed E-state index contributed by atoms with van der Waals surface area (Å²) in [5.74, 6) is 0.579. The number of nitrogens with zero attached hydrogens (tertiary/aromatic N) is 1. The van der Waals surface area contributed by atoms with E-state index < -0.39 is 0 Å². The Hall–Kier alpha value is -1.81. The van der Waals surface area contributed by atoms with Gasteiger partial charge in [-0.05, 0) is 38.1 Å². The molecule has 1 aromatic heterocycles. The molecule has 1 heterocycles. The van der Waals surface area contributed by atoms with Crippen molar-refractivity contribution in [3.05, 3.63) is 51.9 Å². The maximum Gasteiger partial charge on any atom is 0.251 e. The highest BCUT2D eigenvalue weighted by Gasteiger charge is 2.11. The predicted molar refractivity (Wildman–Crippen MR) is 68.6 cm³/mol. The van der Waals surface area contributed by atoms with E-state index in [2.05, 4.69) is 10.5 Å². The number of benzene rings is 1. The number of rotatable bonds is 3. The van der Waals surface area contributed by atoms with Crippen molar-refractivity contribution in [3.63, 3.8) is 0 Å². The van der Waals surface area contributed by atoms with Gasteiger partial charge in [-0.2, -0.15) is 0 Å². The summed E-state index contributed by atoms with van der Waals surface area (Å²) in [5.41, 5.74) is 2.28. The molecular formula is C13H13ClN2O2. The van der Waals surface area contributed by atoms with Gasteiger partial charge in [0.15, 0.2) is 0 Å². The summed E-state index contributed by atoms with van der Waals surface area (Å²) in [6, 6.07) is 6.74. The van der Waals surface area contributed by atoms with Crippen molar-refractivity contribution in [2.75, 3.05) is 0 Å². The normalized spacial score (nSPS) is 10.4. The quantitative estimate of drug-likeness (QED) is 0.927. The number of carbonyl (C=O) groups is 1. The van der Waals surface area contributed by atoms with Crippen LogP contribution in [0, 0.1) is 13.8 Å². The van der Waals surface area contributed by atoms with Crippen LogP contribution < -0.4 is 5.32 Å². The molecule has 4 nitrogen and oxygen atoms in total. The van der Waals surface area contributed by atoms with Crippen LogP contribution in [-0.2, 0) is 6.54 Å². The van der Waals surface area contributed by atoms with Gasteiger partial charge >= 0.3 is 0 Å². The van der Waals surface area contributed by atoms with Crippen LogP contribution >= 0.6 is 11.6 Å². The number of aryl methyl sites for hydroxylation is 2. The molecule has 0 aliphatic carbocycles. The fraction of sp³-hybridized carbons (Fsp3) is 0.231. The summed E-state index contributed by atoms with van der Waals surface area (Å²) in [7, 11) is 0. The molecular weight excluding hydrogens is 252 g/mol. The molecule has 1 aromatic carbocycles. The maximum atomic E-state index is 11.9. The van der Waals surface area contributed by atoms with Gasteiger partial charge in [-0.25, -0.2) is 0 Å². The molecule has 5 heteroatoms. The van der Waals surface area contributed by atoms with Crippen molar-refractivity contribution >= 4 is 17.5 Å². The second kappa shape index (κ2) is 5.23. The molecule has 0 spiro atoms. The van der Waals surface area contributed by atoms with Crippen molar-refractivity contribution in [1.82, 2.24) is 10.5 Å². The number of hydrogen-bond acceptors (Lipinski definition) is 3. The Bertz CT molecular complexity index is 541. The number of aromatic nitrogens is 1. The molecule has 0 bridgehead atoms. The fourth-order valence-corrected chi connectivity index (χ4v) is 1.75. The molecule has 0 fully saturated rings. The van der Waals surface area contributed by atoms with E-state index in [0.717, 1.165) is 17.0 Å². The molecule has 0 saturated carbocycles. The summed E-state index contributed by atoms with van der Waals surface area (Å²) in [4.78, 5) is 11.9. The van der Waals surface area contributed by atoms with Gasteiger partial charge in [0.25, 0.3) is 5.91 Å². The van der Waals surface area contributed by atoms with Gasteiger partial charge in [-0.15, -0.1) is 0 Å². The SMILES string of the molecule is Cc1noc(C)c1CNC(=O)c1ccc(Cl)cc1. The first-order valence-electron chi connectivity index (χ1n) is 5.53. The molecule has 0 atom stereocenters. The lowest BCUT2D eigenvalue weighted by Gasteiger charge is -2.04. The topological polar surface area (TPSA) is 55.1 Å². The van der Waals surface area contributed by atoms with Gasteiger partial charge in [-0.1, -0.05) is 16.8 Å². The lowest BCUT2D eigenvalue weighted by molar-refractivity contribution is 0.0951. The Morgan fingerprint density at radius 1 is 1.33 bits per heavy atom. The van der Waals surface area contributed by atoms with Crippen molar-refractivity contribution < 1.29 is 9.32 Å². The monoisotopic (exact) mass is 264 g/mol. The third-order valence-corrected chi connectivity index (χ3v) is 2.97. The van der Waals surface area contributed by atoms with Crippen LogP contribution in [0.4, 0.5) is 0 Å². The van der Waals surface area contributed by atoms with E-state index in [1.165, 1.54) is 0 Å². The highest BCUT2D eigenvalue weighted by molar-refractivity contribution is 6.30. The highest BCUT2D eigenvalue weighted by atomic mass is 35.5. The zero-order valence-corrected chi connectivity index (χ0v) is 10.9. The first-order valence-corrected chi connectivity index (χ1v) is 5.91. The number of hydrogen-bond donors (Lipinski definition) is 1. The Morgan fingerprint density at radius 3 is 2.56 bits per heavy atom. The summed E-state index contributed by atoms with van der Waals surface area (Å²) in [6.45, 7) is 4.08. The largest absolute Gasteiger partial charge is 0.361 e. The maximum absolute atomic E-state index is 11.9. The summed E-state index contributed by atoms with van der Waals surface area (Å²) >= 11 is 5.76. The van der Waals surface area contributed by atoms with Crippen molar-refractivity contribution in [2.45, 2.75) is 20.4 Å². The number of halogens is 1. The number of carbonyl (C=O) groups excluding carboxylic acids is 1. The van der Waals surface area contributed by atoms with Crippen LogP contribution in [0.25, 0.3) is 0 Å². The Balaban J connectivity index is 2.03. The van der Waals surface area contributed by atoms with Gasteiger partial charge < -0.3 is 9.84 Å². The summed E-state index contributed by atoms with van der Waals surface area (Å²) in [6.07, 6.45) is 0. The molecule has 1 amide bonds. The lowest BCUT2D eigenvalue weighted by Crippen LogP contribution is -2.23. The van der Waals surface area contributed by atoms with Crippen LogP contribution in [-0.4, -0.2) is 11.1 Å². The first-order chi connectivity index (χ1) is 8.58. The fourth-order valence-electron chi connectivity index (χ4n) is 1.63. The van der Waals surface area contributed by atoms with Crippen LogP contribution in [0.5, 0.6) is 0 Å². The average molecular weight is 265 g/mol. The highest BCUT2D eigenvalue weighted by Crippen LogP contribution is 2.13. The minimum Gasteiger partial charge on any atom is -0.361 e. The average Bonchev–Trinajstić information content (AvgIpc) is 2.67. The van der Waals surface area contributed by atoms with E-state index in [4.69, 9.17) is 16.1 Å². The third kappa shape index (κ3) is 2.71. The Labute approximate surface area is 110 Å². The predicted octanol–water partition coefficient (Wildman–Crippen LogP) is 2.87. The number of nitrogens with one attached hydrogen (secondary N) is 1. The second-order valence-corrected chi connectivity index (χ2v) is 4.43. The van der Waals surface area contributed by atoms with Gasteiger partial charge in [0.2, 0.25) is 0 Å². The van der Waals surface area contributed by atoms with E-state index in [0.29, 0.717) is 17.1 Å². The molecule has 1 N–H and O–H groups in total. The van der Waals surface area contributed by atoms with Crippen molar-refractivity contribution in [1.29, 1.82) is 0 Å².